The summed E-state index contributed by atoms with van der Waals surface area (Å²) < 4.78 is 15.6. The fourth-order valence-electron chi connectivity index (χ4n) is 1.49. The zero-order valence-corrected chi connectivity index (χ0v) is 11.3. The molecule has 0 fully saturated rings. The maximum atomic E-state index is 5.39. The van der Waals surface area contributed by atoms with Crippen LogP contribution < -0.4 is 10.1 Å². The van der Waals surface area contributed by atoms with Crippen molar-refractivity contribution in [2.24, 2.45) is 0 Å². The Hall–Kier alpha value is -1.10. The van der Waals surface area contributed by atoms with E-state index in [2.05, 4.69) is 17.4 Å². The Kier molecular flexibility index (Phi) is 8.21. The van der Waals surface area contributed by atoms with Crippen LogP contribution in [0.2, 0.25) is 0 Å². The molecule has 1 N–H and O–H groups in total. The van der Waals surface area contributed by atoms with Crippen molar-refractivity contribution in [3.8, 4) is 5.75 Å². The van der Waals surface area contributed by atoms with Gasteiger partial charge in [-0.3, -0.25) is 0 Å². The third kappa shape index (κ3) is 6.59. The van der Waals surface area contributed by atoms with Crippen LogP contribution in [-0.2, 0) is 16.0 Å². The molecular formula is C14H23NO3. The van der Waals surface area contributed by atoms with Crippen molar-refractivity contribution in [3.63, 3.8) is 0 Å². The molecular weight excluding hydrogens is 230 g/mol. The molecule has 0 aliphatic rings. The van der Waals surface area contributed by atoms with E-state index in [1.807, 2.05) is 19.1 Å². The van der Waals surface area contributed by atoms with E-state index in [0.717, 1.165) is 18.8 Å². The minimum Gasteiger partial charge on any atom is -0.494 e. The standard InChI is InChI=1S/C14H23NO3/c1-3-18-14-6-4-13(5-7-14)12-15-8-9-17-11-10-16-2/h4-7,15H,3,8-12H2,1-2H3. The molecule has 0 saturated heterocycles. The quantitative estimate of drug-likeness (QED) is 0.646. The largest absolute Gasteiger partial charge is 0.494 e. The van der Waals surface area contributed by atoms with Crippen LogP contribution in [0.4, 0.5) is 0 Å². The van der Waals surface area contributed by atoms with Gasteiger partial charge < -0.3 is 19.5 Å². The molecule has 4 heteroatoms. The summed E-state index contributed by atoms with van der Waals surface area (Å²) in [5, 5.41) is 3.32. The molecule has 1 aromatic carbocycles. The monoisotopic (exact) mass is 253 g/mol. The summed E-state index contributed by atoms with van der Waals surface area (Å²) >= 11 is 0. The van der Waals surface area contributed by atoms with E-state index < -0.39 is 0 Å². The second-order valence-electron chi connectivity index (χ2n) is 3.86. The molecule has 1 rings (SSSR count). The molecule has 102 valence electrons. The van der Waals surface area contributed by atoms with Crippen molar-refractivity contribution >= 4 is 0 Å². The van der Waals surface area contributed by atoms with Gasteiger partial charge in [-0.1, -0.05) is 12.1 Å². The van der Waals surface area contributed by atoms with Gasteiger partial charge in [0, 0.05) is 20.2 Å². The smallest absolute Gasteiger partial charge is 0.119 e. The van der Waals surface area contributed by atoms with Crippen molar-refractivity contribution in [1.82, 2.24) is 5.32 Å². The third-order valence-corrected chi connectivity index (χ3v) is 2.42. The van der Waals surface area contributed by atoms with Gasteiger partial charge in [0.05, 0.1) is 26.4 Å². The molecule has 0 heterocycles. The van der Waals surface area contributed by atoms with Gasteiger partial charge in [0.2, 0.25) is 0 Å². The Bertz CT molecular complexity index is 300. The lowest BCUT2D eigenvalue weighted by Crippen LogP contribution is -2.20. The van der Waals surface area contributed by atoms with E-state index in [0.29, 0.717) is 26.4 Å². The van der Waals surface area contributed by atoms with Crippen molar-refractivity contribution < 1.29 is 14.2 Å². The topological polar surface area (TPSA) is 39.7 Å². The first-order chi connectivity index (χ1) is 8.86. The molecule has 0 spiro atoms. The predicted octanol–water partition coefficient (Wildman–Crippen LogP) is 1.84. The van der Waals surface area contributed by atoms with Crippen LogP contribution in [0.1, 0.15) is 12.5 Å². The Morgan fingerprint density at radius 1 is 1.06 bits per heavy atom. The summed E-state index contributed by atoms with van der Waals surface area (Å²) in [4.78, 5) is 0. The Labute approximate surface area is 109 Å². The number of ether oxygens (including phenoxy) is 3. The number of methoxy groups -OCH3 is 1. The molecule has 0 aliphatic heterocycles. The van der Waals surface area contributed by atoms with E-state index in [9.17, 15) is 0 Å². The first-order valence-corrected chi connectivity index (χ1v) is 6.36. The average Bonchev–Trinajstić information content (AvgIpc) is 2.40. The van der Waals surface area contributed by atoms with Crippen molar-refractivity contribution in [3.05, 3.63) is 29.8 Å². The first-order valence-electron chi connectivity index (χ1n) is 6.36. The molecule has 0 saturated carbocycles. The maximum absolute atomic E-state index is 5.39. The number of nitrogens with one attached hydrogen (secondary N) is 1. The summed E-state index contributed by atoms with van der Waals surface area (Å²) in [6.45, 7) is 6.40. The molecule has 0 bridgehead atoms. The molecule has 1 aromatic rings. The summed E-state index contributed by atoms with van der Waals surface area (Å²) in [6.07, 6.45) is 0. The molecule has 0 amide bonds. The highest BCUT2D eigenvalue weighted by Crippen LogP contribution is 2.11. The summed E-state index contributed by atoms with van der Waals surface area (Å²) in [5.41, 5.74) is 1.25. The van der Waals surface area contributed by atoms with E-state index >= 15 is 0 Å². The van der Waals surface area contributed by atoms with E-state index in [1.165, 1.54) is 5.56 Å². The van der Waals surface area contributed by atoms with E-state index in [4.69, 9.17) is 14.2 Å². The lowest BCUT2D eigenvalue weighted by molar-refractivity contribution is 0.0719. The molecule has 18 heavy (non-hydrogen) atoms. The second kappa shape index (κ2) is 9.88. The Morgan fingerprint density at radius 2 is 1.83 bits per heavy atom. The van der Waals surface area contributed by atoms with Gasteiger partial charge in [-0.2, -0.15) is 0 Å². The Balaban J connectivity index is 2.08. The normalized spacial score (nSPS) is 10.6. The molecule has 0 atom stereocenters. The number of hydrogen-bond acceptors (Lipinski definition) is 4. The number of rotatable bonds is 10. The molecule has 0 aromatic heterocycles. The van der Waals surface area contributed by atoms with Crippen LogP contribution >= 0.6 is 0 Å². The SMILES string of the molecule is CCOc1ccc(CNCCOCCOC)cc1. The lowest BCUT2D eigenvalue weighted by Gasteiger charge is -2.07. The molecule has 0 radical (unpaired) electrons. The van der Waals surface area contributed by atoms with Gasteiger partial charge in [0.1, 0.15) is 5.75 Å². The number of hydrogen-bond donors (Lipinski definition) is 1. The fraction of sp³-hybridized carbons (Fsp3) is 0.571. The number of benzene rings is 1. The van der Waals surface area contributed by atoms with Gasteiger partial charge >= 0.3 is 0 Å². The van der Waals surface area contributed by atoms with Crippen LogP contribution in [0.5, 0.6) is 5.75 Å². The molecule has 4 nitrogen and oxygen atoms in total. The van der Waals surface area contributed by atoms with Crippen molar-refractivity contribution in [2.45, 2.75) is 13.5 Å². The van der Waals surface area contributed by atoms with E-state index in [1.54, 1.807) is 7.11 Å². The molecule has 0 unspecified atom stereocenters. The third-order valence-electron chi connectivity index (χ3n) is 2.42. The van der Waals surface area contributed by atoms with E-state index in [-0.39, 0.29) is 0 Å². The first kappa shape index (κ1) is 15.0. The maximum Gasteiger partial charge on any atom is 0.119 e. The van der Waals surface area contributed by atoms with Gasteiger partial charge in [0.25, 0.3) is 0 Å². The Morgan fingerprint density at radius 3 is 2.50 bits per heavy atom. The molecule has 0 aliphatic carbocycles. The van der Waals surface area contributed by atoms with Crippen LogP contribution in [-0.4, -0.2) is 40.1 Å². The predicted molar refractivity (Wildman–Crippen MR) is 72.0 cm³/mol. The second-order valence-corrected chi connectivity index (χ2v) is 3.86. The van der Waals surface area contributed by atoms with Gasteiger partial charge in [0.15, 0.2) is 0 Å². The van der Waals surface area contributed by atoms with Crippen LogP contribution in [0.25, 0.3) is 0 Å². The van der Waals surface area contributed by atoms with Gasteiger partial charge in [-0.25, -0.2) is 0 Å². The van der Waals surface area contributed by atoms with Crippen molar-refractivity contribution in [2.75, 3.05) is 40.1 Å². The zero-order valence-electron chi connectivity index (χ0n) is 11.3. The van der Waals surface area contributed by atoms with Crippen molar-refractivity contribution in [1.29, 1.82) is 0 Å². The summed E-state index contributed by atoms with van der Waals surface area (Å²) in [5.74, 6) is 0.921. The highest BCUT2D eigenvalue weighted by molar-refractivity contribution is 5.27. The van der Waals surface area contributed by atoms with Gasteiger partial charge in [-0.05, 0) is 24.6 Å². The summed E-state index contributed by atoms with van der Waals surface area (Å²) in [7, 11) is 1.67. The fourth-order valence-corrected chi connectivity index (χ4v) is 1.49. The highest BCUT2D eigenvalue weighted by Gasteiger charge is 1.95. The summed E-state index contributed by atoms with van der Waals surface area (Å²) in [6, 6.07) is 8.14. The average molecular weight is 253 g/mol. The zero-order chi connectivity index (χ0) is 13.1. The minimum absolute atomic E-state index is 0.652. The van der Waals surface area contributed by atoms with Crippen LogP contribution in [0.15, 0.2) is 24.3 Å². The van der Waals surface area contributed by atoms with Crippen LogP contribution in [0.3, 0.4) is 0 Å². The van der Waals surface area contributed by atoms with Gasteiger partial charge in [-0.15, -0.1) is 0 Å². The lowest BCUT2D eigenvalue weighted by atomic mass is 10.2. The minimum atomic E-state index is 0.652. The highest BCUT2D eigenvalue weighted by atomic mass is 16.5. The van der Waals surface area contributed by atoms with Crippen LogP contribution in [0, 0.1) is 0 Å².